The summed E-state index contributed by atoms with van der Waals surface area (Å²) in [7, 11) is 1.67. The highest BCUT2D eigenvalue weighted by Crippen LogP contribution is 2.33. The average Bonchev–Trinajstić information content (AvgIpc) is 2.66. The van der Waals surface area contributed by atoms with Crippen molar-refractivity contribution in [2.45, 2.75) is 32.1 Å². The maximum absolute atomic E-state index is 10.6. The van der Waals surface area contributed by atoms with Crippen LogP contribution < -0.4 is 14.2 Å². The molecule has 3 atom stereocenters. The van der Waals surface area contributed by atoms with E-state index in [2.05, 4.69) is 16.9 Å². The van der Waals surface area contributed by atoms with Crippen LogP contribution in [0.3, 0.4) is 0 Å². The van der Waals surface area contributed by atoms with Gasteiger partial charge in [-0.15, -0.1) is 0 Å². The first kappa shape index (κ1) is 19.1. The van der Waals surface area contributed by atoms with Gasteiger partial charge in [-0.2, -0.15) is 0 Å². The highest BCUT2D eigenvalue weighted by atomic mass is 32.2. The quantitative estimate of drug-likeness (QED) is 0.711. The number of rotatable bonds is 8. The van der Waals surface area contributed by atoms with E-state index in [-0.39, 0.29) is 0 Å². The largest absolute Gasteiger partial charge is 0.760 e. The molecule has 5 nitrogen and oxygen atoms in total. The summed E-state index contributed by atoms with van der Waals surface area (Å²) < 4.78 is 35.1. The zero-order valence-electron chi connectivity index (χ0n) is 15.1. The van der Waals surface area contributed by atoms with Gasteiger partial charge in [-0.05, 0) is 59.7 Å². The van der Waals surface area contributed by atoms with Crippen molar-refractivity contribution < 1.29 is 18.2 Å². The van der Waals surface area contributed by atoms with Crippen molar-refractivity contribution >= 4 is 22.0 Å². The summed E-state index contributed by atoms with van der Waals surface area (Å²) >= 11 is -2.17. The zero-order chi connectivity index (χ0) is 18.4. The molecular weight excluding hydrogens is 350 g/mol. The van der Waals surface area contributed by atoms with Gasteiger partial charge >= 0.3 is 0 Å². The Morgan fingerprint density at radius 2 is 1.73 bits per heavy atom. The second-order valence-corrected chi connectivity index (χ2v) is 7.67. The van der Waals surface area contributed by atoms with Crippen LogP contribution in [0.4, 0.5) is 0 Å². The van der Waals surface area contributed by atoms with E-state index in [9.17, 15) is 8.76 Å². The first-order valence-corrected chi connectivity index (χ1v) is 10.3. The van der Waals surface area contributed by atoms with Gasteiger partial charge in [0.2, 0.25) is 0 Å². The first-order chi connectivity index (χ1) is 12.7. The topological polar surface area (TPSA) is 70.6 Å². The summed E-state index contributed by atoms with van der Waals surface area (Å²) in [4.78, 5) is 0. The van der Waals surface area contributed by atoms with E-state index in [0.29, 0.717) is 25.0 Å². The van der Waals surface area contributed by atoms with Crippen molar-refractivity contribution in [1.82, 2.24) is 4.72 Å². The van der Waals surface area contributed by atoms with Gasteiger partial charge in [0.25, 0.3) is 0 Å². The standard InChI is InChI=1S/C20H27NO4S/c1-24-19-8-6-17-13-20(9-7-16(17)12-19)25-14-18-5-3-2-4-15(18)10-11-21-26(22)23/h6-9,12-13,15,18,21H,2-5,10-11,14H2,1H3,(H,22,23)/p-1. The third kappa shape index (κ3) is 5.19. The van der Waals surface area contributed by atoms with Gasteiger partial charge < -0.3 is 14.0 Å². The highest BCUT2D eigenvalue weighted by molar-refractivity contribution is 7.77. The minimum Gasteiger partial charge on any atom is -0.760 e. The summed E-state index contributed by atoms with van der Waals surface area (Å²) in [5.41, 5.74) is 0. The second-order valence-electron chi connectivity index (χ2n) is 6.91. The third-order valence-corrected chi connectivity index (χ3v) is 5.72. The van der Waals surface area contributed by atoms with Crippen LogP contribution in [-0.4, -0.2) is 29.0 Å². The van der Waals surface area contributed by atoms with E-state index in [0.717, 1.165) is 41.5 Å². The molecule has 0 heterocycles. The SMILES string of the molecule is COc1ccc2cc(OCC3CCCCC3CCNS(=O)[O-])ccc2c1. The molecule has 1 fully saturated rings. The van der Waals surface area contributed by atoms with Crippen LogP contribution in [0.1, 0.15) is 32.1 Å². The van der Waals surface area contributed by atoms with Crippen molar-refractivity contribution in [3.8, 4) is 11.5 Å². The normalized spacial score (nSPS) is 21.5. The number of benzene rings is 2. The maximum atomic E-state index is 10.6. The summed E-state index contributed by atoms with van der Waals surface area (Å²) in [6, 6.07) is 12.1. The molecule has 1 aliphatic rings. The van der Waals surface area contributed by atoms with Crippen molar-refractivity contribution in [2.75, 3.05) is 20.3 Å². The minimum absolute atomic E-state index is 0.484. The molecule has 0 saturated heterocycles. The molecule has 6 heteroatoms. The molecule has 1 aliphatic carbocycles. The van der Waals surface area contributed by atoms with E-state index in [1.165, 1.54) is 12.8 Å². The van der Waals surface area contributed by atoms with E-state index in [1.54, 1.807) is 7.11 Å². The van der Waals surface area contributed by atoms with E-state index in [4.69, 9.17) is 9.47 Å². The van der Waals surface area contributed by atoms with Crippen molar-refractivity contribution in [2.24, 2.45) is 11.8 Å². The number of fused-ring (bicyclic) bond motifs is 1. The van der Waals surface area contributed by atoms with E-state index in [1.807, 2.05) is 24.3 Å². The minimum atomic E-state index is -2.17. The molecule has 3 unspecified atom stereocenters. The number of hydrogen-bond acceptors (Lipinski definition) is 4. The molecule has 0 aliphatic heterocycles. The average molecular weight is 376 g/mol. The number of ether oxygens (including phenoxy) is 2. The van der Waals surface area contributed by atoms with Crippen LogP contribution in [0.2, 0.25) is 0 Å². The molecule has 2 aromatic carbocycles. The fourth-order valence-electron chi connectivity index (χ4n) is 3.83. The van der Waals surface area contributed by atoms with E-state index < -0.39 is 11.3 Å². The summed E-state index contributed by atoms with van der Waals surface area (Å²) in [6.07, 6.45) is 5.62. The lowest BCUT2D eigenvalue weighted by molar-refractivity contribution is 0.143. The Balaban J connectivity index is 1.59. The molecule has 0 radical (unpaired) electrons. The van der Waals surface area contributed by atoms with Gasteiger partial charge in [0.15, 0.2) is 0 Å². The molecule has 142 valence electrons. The maximum Gasteiger partial charge on any atom is 0.119 e. The van der Waals surface area contributed by atoms with Crippen LogP contribution in [0.15, 0.2) is 36.4 Å². The lowest BCUT2D eigenvalue weighted by Gasteiger charge is -2.31. The molecule has 0 aromatic heterocycles. The van der Waals surface area contributed by atoms with Crippen molar-refractivity contribution in [3.63, 3.8) is 0 Å². The van der Waals surface area contributed by atoms with Gasteiger partial charge in [-0.3, -0.25) is 4.21 Å². The fourth-order valence-corrected chi connectivity index (χ4v) is 4.12. The number of hydrogen-bond donors (Lipinski definition) is 1. The van der Waals surface area contributed by atoms with Gasteiger partial charge in [0, 0.05) is 17.8 Å². The molecule has 1 saturated carbocycles. The summed E-state index contributed by atoms with van der Waals surface area (Å²) in [5.74, 6) is 2.73. The predicted molar refractivity (Wildman–Crippen MR) is 103 cm³/mol. The van der Waals surface area contributed by atoms with Crippen LogP contribution in [0.25, 0.3) is 10.8 Å². The number of methoxy groups -OCH3 is 1. The second kappa shape index (κ2) is 9.35. The Hall–Kier alpha value is -1.63. The van der Waals surface area contributed by atoms with Gasteiger partial charge in [0.05, 0.1) is 13.7 Å². The highest BCUT2D eigenvalue weighted by Gasteiger charge is 2.25. The van der Waals surface area contributed by atoms with Crippen LogP contribution in [0.5, 0.6) is 11.5 Å². The van der Waals surface area contributed by atoms with Crippen molar-refractivity contribution in [3.05, 3.63) is 36.4 Å². The van der Waals surface area contributed by atoms with E-state index >= 15 is 0 Å². The monoisotopic (exact) mass is 376 g/mol. The summed E-state index contributed by atoms with van der Waals surface area (Å²) in [6.45, 7) is 1.20. The zero-order valence-corrected chi connectivity index (χ0v) is 15.9. The molecule has 3 rings (SSSR count). The molecule has 0 spiro atoms. The molecule has 0 amide bonds. The van der Waals surface area contributed by atoms with Gasteiger partial charge in [-0.1, -0.05) is 31.4 Å². The fraction of sp³-hybridized carbons (Fsp3) is 0.500. The Morgan fingerprint density at radius 3 is 2.42 bits per heavy atom. The Kier molecular flexibility index (Phi) is 6.88. The first-order valence-electron chi connectivity index (χ1n) is 9.19. The van der Waals surface area contributed by atoms with Gasteiger partial charge in [-0.25, -0.2) is 4.72 Å². The van der Waals surface area contributed by atoms with Crippen molar-refractivity contribution in [1.29, 1.82) is 0 Å². The Labute approximate surface area is 157 Å². The molecular formula is C20H26NO4S-. The Morgan fingerprint density at radius 1 is 1.08 bits per heavy atom. The lowest BCUT2D eigenvalue weighted by Crippen LogP contribution is -2.29. The smallest absolute Gasteiger partial charge is 0.119 e. The van der Waals surface area contributed by atoms with Crippen LogP contribution >= 0.6 is 0 Å². The summed E-state index contributed by atoms with van der Waals surface area (Å²) in [5, 5.41) is 2.26. The van der Waals surface area contributed by atoms with Gasteiger partial charge in [0.1, 0.15) is 11.5 Å². The van der Waals surface area contributed by atoms with Crippen LogP contribution in [-0.2, 0) is 11.3 Å². The lowest BCUT2D eigenvalue weighted by atomic mass is 9.78. The molecule has 26 heavy (non-hydrogen) atoms. The molecule has 0 bridgehead atoms. The number of nitrogens with one attached hydrogen (secondary N) is 1. The molecule has 1 N–H and O–H groups in total. The predicted octanol–water partition coefficient (Wildman–Crippen LogP) is 3.81. The Bertz CT molecular complexity index is 752. The van der Waals surface area contributed by atoms with Crippen LogP contribution in [0, 0.1) is 11.8 Å². The third-order valence-electron chi connectivity index (χ3n) is 5.28. The molecule has 2 aromatic rings.